The van der Waals surface area contributed by atoms with Gasteiger partial charge < -0.3 is 5.11 Å². The number of rotatable bonds is 2. The van der Waals surface area contributed by atoms with Crippen LogP contribution in [0.2, 0.25) is 0 Å². The third kappa shape index (κ3) is 1.66. The zero-order chi connectivity index (χ0) is 10.8. The molecule has 1 N–H and O–H groups in total. The highest BCUT2D eigenvalue weighted by Gasteiger charge is 2.16. The first-order valence-corrected chi connectivity index (χ1v) is 4.62. The fraction of sp³-hybridized carbons (Fsp3) is 0.182. The normalized spacial score (nSPS) is 12.6. The second kappa shape index (κ2) is 3.65. The number of hydrogen-bond acceptors (Lipinski definition) is 3. The van der Waals surface area contributed by atoms with E-state index in [9.17, 15) is 4.79 Å². The van der Waals surface area contributed by atoms with Gasteiger partial charge in [-0.15, -0.1) is 0 Å². The maximum atomic E-state index is 10.9. The number of nitrogens with zero attached hydrogens (tertiary/aromatic N) is 2. The van der Waals surface area contributed by atoms with Gasteiger partial charge in [0.1, 0.15) is 0 Å². The van der Waals surface area contributed by atoms with Gasteiger partial charge in [0.15, 0.2) is 0 Å². The fourth-order valence-electron chi connectivity index (χ4n) is 1.48. The monoisotopic (exact) mass is 202 g/mol. The molecule has 0 aliphatic heterocycles. The van der Waals surface area contributed by atoms with Crippen LogP contribution >= 0.6 is 0 Å². The highest BCUT2D eigenvalue weighted by molar-refractivity contribution is 5.85. The lowest BCUT2D eigenvalue weighted by Crippen LogP contribution is -2.08. The lowest BCUT2D eigenvalue weighted by molar-refractivity contribution is -0.138. The van der Waals surface area contributed by atoms with Gasteiger partial charge >= 0.3 is 5.97 Å². The molecule has 2 rings (SSSR count). The van der Waals surface area contributed by atoms with Crippen LogP contribution < -0.4 is 0 Å². The molecule has 0 radical (unpaired) electrons. The lowest BCUT2D eigenvalue weighted by Gasteiger charge is -2.08. The maximum Gasteiger partial charge on any atom is 0.310 e. The first-order chi connectivity index (χ1) is 7.20. The Morgan fingerprint density at radius 1 is 1.33 bits per heavy atom. The van der Waals surface area contributed by atoms with Crippen molar-refractivity contribution in [1.82, 2.24) is 9.97 Å². The number of pyridine rings is 2. The van der Waals surface area contributed by atoms with Crippen molar-refractivity contribution in [3.05, 3.63) is 36.2 Å². The topological polar surface area (TPSA) is 63.1 Å². The van der Waals surface area contributed by atoms with Crippen molar-refractivity contribution >= 4 is 17.0 Å². The summed E-state index contributed by atoms with van der Waals surface area (Å²) in [5, 5.41) is 8.95. The minimum atomic E-state index is -0.854. The second-order valence-electron chi connectivity index (χ2n) is 3.33. The van der Waals surface area contributed by atoms with Gasteiger partial charge in [-0.05, 0) is 30.7 Å². The van der Waals surface area contributed by atoms with E-state index >= 15 is 0 Å². The number of carbonyl (C=O) groups is 1. The molecule has 0 bridgehead atoms. The van der Waals surface area contributed by atoms with E-state index < -0.39 is 11.9 Å². The fourth-order valence-corrected chi connectivity index (χ4v) is 1.48. The molecule has 15 heavy (non-hydrogen) atoms. The smallest absolute Gasteiger partial charge is 0.310 e. The minimum absolute atomic E-state index is 0.564. The molecule has 0 spiro atoms. The van der Waals surface area contributed by atoms with E-state index in [0.717, 1.165) is 5.52 Å². The predicted octanol–water partition coefficient (Wildman–Crippen LogP) is 1.82. The van der Waals surface area contributed by atoms with Crippen LogP contribution in [0.3, 0.4) is 0 Å². The number of hydrogen-bond donors (Lipinski definition) is 1. The van der Waals surface area contributed by atoms with Crippen LogP contribution in [0.5, 0.6) is 0 Å². The third-order valence-electron chi connectivity index (χ3n) is 2.36. The Morgan fingerprint density at radius 3 is 2.87 bits per heavy atom. The van der Waals surface area contributed by atoms with Crippen LogP contribution in [0.1, 0.15) is 18.4 Å². The number of carboxylic acid groups (broad SMARTS) is 1. The molecule has 0 amide bonds. The summed E-state index contributed by atoms with van der Waals surface area (Å²) in [6.45, 7) is 1.64. The van der Waals surface area contributed by atoms with Crippen molar-refractivity contribution in [1.29, 1.82) is 0 Å². The Kier molecular flexibility index (Phi) is 2.33. The largest absolute Gasteiger partial charge is 0.481 e. The molecule has 0 fully saturated rings. The number of fused-ring (bicyclic) bond motifs is 1. The summed E-state index contributed by atoms with van der Waals surface area (Å²) in [5.41, 5.74) is 2.09. The van der Waals surface area contributed by atoms with Gasteiger partial charge in [-0.3, -0.25) is 14.8 Å². The molecule has 0 aromatic carbocycles. The van der Waals surface area contributed by atoms with Crippen molar-refractivity contribution in [2.75, 3.05) is 0 Å². The van der Waals surface area contributed by atoms with E-state index in [1.165, 1.54) is 0 Å². The zero-order valence-electron chi connectivity index (χ0n) is 8.21. The van der Waals surface area contributed by atoms with Gasteiger partial charge in [-0.2, -0.15) is 0 Å². The van der Waals surface area contributed by atoms with Gasteiger partial charge in [-0.25, -0.2) is 0 Å². The third-order valence-corrected chi connectivity index (χ3v) is 2.36. The summed E-state index contributed by atoms with van der Waals surface area (Å²) in [4.78, 5) is 19.2. The number of aliphatic carboxylic acids is 1. The zero-order valence-corrected chi connectivity index (χ0v) is 8.21. The SMILES string of the molecule is CC(C(=O)O)c1ccnc2cccnc12. The maximum absolute atomic E-state index is 10.9. The number of aromatic nitrogens is 2. The lowest BCUT2D eigenvalue weighted by atomic mass is 10.0. The van der Waals surface area contributed by atoms with Crippen LogP contribution in [0.25, 0.3) is 11.0 Å². The molecule has 4 nitrogen and oxygen atoms in total. The van der Waals surface area contributed by atoms with E-state index in [-0.39, 0.29) is 0 Å². The van der Waals surface area contributed by atoms with Crippen molar-refractivity contribution in [2.45, 2.75) is 12.8 Å². The molecule has 0 aliphatic carbocycles. The van der Waals surface area contributed by atoms with Crippen LogP contribution in [-0.4, -0.2) is 21.0 Å². The summed E-state index contributed by atoms with van der Waals surface area (Å²) < 4.78 is 0. The Morgan fingerprint density at radius 2 is 2.13 bits per heavy atom. The standard InChI is InChI=1S/C11H10N2O2/c1-7(11(14)15)8-4-6-12-9-3-2-5-13-10(8)9/h2-7H,1H3,(H,14,15). The summed E-state index contributed by atoms with van der Waals surface area (Å²) in [6.07, 6.45) is 3.25. The molecular formula is C11H10N2O2. The number of carboxylic acids is 1. The van der Waals surface area contributed by atoms with Crippen LogP contribution in [0.15, 0.2) is 30.6 Å². The Labute approximate surface area is 86.6 Å². The van der Waals surface area contributed by atoms with E-state index in [1.54, 1.807) is 31.5 Å². The first-order valence-electron chi connectivity index (χ1n) is 4.62. The molecule has 2 aromatic rings. The highest BCUT2D eigenvalue weighted by atomic mass is 16.4. The summed E-state index contributed by atoms with van der Waals surface area (Å²) in [7, 11) is 0. The molecule has 1 atom stereocenters. The molecule has 2 aromatic heterocycles. The van der Waals surface area contributed by atoms with E-state index in [4.69, 9.17) is 5.11 Å². The Bertz CT molecular complexity index is 505. The van der Waals surface area contributed by atoms with Gasteiger partial charge in [0.25, 0.3) is 0 Å². The molecular weight excluding hydrogens is 192 g/mol. The van der Waals surface area contributed by atoms with Crippen molar-refractivity contribution < 1.29 is 9.90 Å². The molecule has 76 valence electrons. The highest BCUT2D eigenvalue weighted by Crippen LogP contribution is 2.22. The molecule has 0 saturated carbocycles. The quantitative estimate of drug-likeness (QED) is 0.806. The Balaban J connectivity index is 2.65. The van der Waals surface area contributed by atoms with Crippen LogP contribution in [0, 0.1) is 0 Å². The molecule has 0 aliphatic rings. The minimum Gasteiger partial charge on any atom is -0.481 e. The van der Waals surface area contributed by atoms with Gasteiger partial charge in [-0.1, -0.05) is 0 Å². The summed E-state index contributed by atoms with van der Waals surface area (Å²) in [6, 6.07) is 5.30. The molecule has 0 saturated heterocycles. The second-order valence-corrected chi connectivity index (χ2v) is 3.33. The van der Waals surface area contributed by atoms with Gasteiger partial charge in [0.05, 0.1) is 17.0 Å². The van der Waals surface area contributed by atoms with Crippen molar-refractivity contribution in [2.24, 2.45) is 0 Å². The summed E-state index contributed by atoms with van der Waals surface area (Å²) >= 11 is 0. The average Bonchev–Trinajstić information content (AvgIpc) is 2.27. The van der Waals surface area contributed by atoms with Crippen LogP contribution in [-0.2, 0) is 4.79 Å². The summed E-state index contributed by atoms with van der Waals surface area (Å²) in [5.74, 6) is -1.42. The predicted molar refractivity (Wildman–Crippen MR) is 55.6 cm³/mol. The van der Waals surface area contributed by atoms with E-state index in [0.29, 0.717) is 11.1 Å². The Hall–Kier alpha value is -1.97. The van der Waals surface area contributed by atoms with Crippen LogP contribution in [0.4, 0.5) is 0 Å². The van der Waals surface area contributed by atoms with Gasteiger partial charge in [0, 0.05) is 12.4 Å². The van der Waals surface area contributed by atoms with Crippen molar-refractivity contribution in [3.8, 4) is 0 Å². The van der Waals surface area contributed by atoms with E-state index in [2.05, 4.69) is 9.97 Å². The molecule has 1 unspecified atom stereocenters. The average molecular weight is 202 g/mol. The molecule has 4 heteroatoms. The van der Waals surface area contributed by atoms with Crippen molar-refractivity contribution in [3.63, 3.8) is 0 Å². The van der Waals surface area contributed by atoms with Gasteiger partial charge in [0.2, 0.25) is 0 Å². The van der Waals surface area contributed by atoms with E-state index in [1.807, 2.05) is 6.07 Å². The molecule has 2 heterocycles. The first kappa shape index (κ1) is 9.58.